The molecule has 13 heteroatoms. The lowest BCUT2D eigenvalue weighted by Crippen LogP contribution is -2.43. The number of carbonyl (C=O) groups is 4. The van der Waals surface area contributed by atoms with Crippen molar-refractivity contribution in [2.24, 2.45) is 5.73 Å². The van der Waals surface area contributed by atoms with Crippen LogP contribution in [-0.4, -0.2) is 92.2 Å². The number of pyridine rings is 1. The largest absolute Gasteiger partial charge is 0.465 e. The number of fused-ring (bicyclic) bond motifs is 2. The molecule has 2 aliphatic rings. The fourth-order valence-corrected chi connectivity index (χ4v) is 9.55. The van der Waals surface area contributed by atoms with E-state index in [2.05, 4.69) is 65.0 Å². The molecule has 11 nitrogen and oxygen atoms in total. The minimum absolute atomic E-state index is 0.272. The van der Waals surface area contributed by atoms with Gasteiger partial charge in [-0.25, -0.2) is 0 Å². The molecule has 0 aliphatic carbocycles. The second-order valence-corrected chi connectivity index (χ2v) is 17.5. The topological polar surface area (TPSA) is 144 Å². The number of ether oxygens (including phenoxy) is 1. The molecule has 3 atom stereocenters. The summed E-state index contributed by atoms with van der Waals surface area (Å²) in [5, 5.41) is 6.55. The number of aromatic nitrogens is 1. The van der Waals surface area contributed by atoms with Crippen molar-refractivity contribution in [2.75, 3.05) is 40.3 Å². The Hall–Kier alpha value is -4.58. The molecule has 0 saturated carbocycles. The van der Waals surface area contributed by atoms with Crippen molar-refractivity contribution in [2.45, 2.75) is 103 Å². The van der Waals surface area contributed by atoms with Gasteiger partial charge >= 0.3 is 5.97 Å². The highest BCUT2D eigenvalue weighted by Gasteiger charge is 2.26. The lowest BCUT2D eigenvalue weighted by atomic mass is 9.94. The molecule has 2 aromatic heterocycles. The number of hydrogen-bond donors (Lipinski definition) is 2. The zero-order valence-electron chi connectivity index (χ0n) is 37.5. The van der Waals surface area contributed by atoms with Crippen LogP contribution in [0.1, 0.15) is 106 Å². The van der Waals surface area contributed by atoms with Gasteiger partial charge in [-0.2, -0.15) is 0 Å². The maximum atomic E-state index is 12.5. The number of likely N-dealkylation sites (tertiary alicyclic amines) is 2. The molecule has 1 amide bonds. The minimum Gasteiger partial charge on any atom is -0.465 e. The first-order chi connectivity index (χ1) is 30.3. The van der Waals surface area contributed by atoms with Crippen LogP contribution in [0.25, 0.3) is 20.9 Å². The minimum atomic E-state index is -1.25. The number of carbonyl (C=O) groups excluding carboxylic acids is 4. The Labute approximate surface area is 374 Å². The fraction of sp³-hybridized carbons (Fsp3) is 0.449. The number of hydrogen-bond acceptors (Lipinski definition) is 11. The number of unbranched alkanes of at least 4 members (excludes halogenated alkanes) is 3. The number of nitrogens with two attached hydrogens (primary N) is 1. The first-order valence-electron chi connectivity index (χ1n) is 22.0. The monoisotopic (exact) mass is 885 g/mol. The Morgan fingerprint density at radius 2 is 1.76 bits per heavy atom. The number of benzene rings is 3. The number of esters is 1. The Bertz CT molecular complexity index is 2040. The van der Waals surface area contributed by atoms with E-state index in [4.69, 9.17) is 9.26 Å². The summed E-state index contributed by atoms with van der Waals surface area (Å²) in [7, 11) is 2.46. The molecular formula is C49H68N5O6PS. The first kappa shape index (κ1) is 51.8. The smallest absolute Gasteiger partial charge is 0.323 e. The van der Waals surface area contributed by atoms with E-state index in [-0.39, 0.29) is 5.97 Å². The third-order valence-electron chi connectivity index (χ3n) is 10.4. The molecule has 3 N–H and O–H groups in total. The van der Waals surface area contributed by atoms with Gasteiger partial charge in [-0.05, 0) is 112 Å². The Morgan fingerprint density at radius 3 is 2.44 bits per heavy atom. The van der Waals surface area contributed by atoms with Crippen LogP contribution in [0.3, 0.4) is 0 Å². The summed E-state index contributed by atoms with van der Waals surface area (Å²) in [6, 6.07) is 26.5. The van der Waals surface area contributed by atoms with Crippen LogP contribution in [0.2, 0.25) is 0 Å². The molecule has 7 rings (SSSR count). The third-order valence-corrected chi connectivity index (χ3v) is 13.2. The van der Waals surface area contributed by atoms with Gasteiger partial charge < -0.3 is 29.6 Å². The lowest BCUT2D eigenvalue weighted by molar-refractivity contribution is -0.145. The van der Waals surface area contributed by atoms with Gasteiger partial charge in [0.25, 0.3) is 0 Å². The van der Waals surface area contributed by atoms with E-state index in [1.165, 1.54) is 56.2 Å². The summed E-state index contributed by atoms with van der Waals surface area (Å²) < 4.78 is 13.0. The molecule has 3 unspecified atom stereocenters. The Kier molecular flexibility index (Phi) is 24.8. The average molecular weight is 886 g/mol. The Balaban J connectivity index is 0.000000297. The van der Waals surface area contributed by atoms with E-state index in [1.807, 2.05) is 75.5 Å². The second kappa shape index (κ2) is 29.7. The Morgan fingerprint density at radius 1 is 0.984 bits per heavy atom. The van der Waals surface area contributed by atoms with Gasteiger partial charge in [0.05, 0.1) is 11.5 Å². The van der Waals surface area contributed by atoms with Crippen LogP contribution >= 0.6 is 19.6 Å². The van der Waals surface area contributed by atoms with Crippen molar-refractivity contribution in [3.8, 4) is 5.75 Å². The van der Waals surface area contributed by atoms with Crippen LogP contribution in [0, 0.1) is 0 Å². The van der Waals surface area contributed by atoms with Crippen molar-refractivity contribution >= 4 is 65.4 Å². The van der Waals surface area contributed by atoms with Crippen LogP contribution in [0.5, 0.6) is 5.75 Å². The fourth-order valence-electron chi connectivity index (χ4n) is 7.02. The predicted octanol–water partition coefficient (Wildman–Crippen LogP) is 10.2. The number of aldehydes is 2. The molecule has 2 fully saturated rings. The number of rotatable bonds is 18. The molecule has 2 aliphatic heterocycles. The quantitative estimate of drug-likeness (QED) is 0.0378. The summed E-state index contributed by atoms with van der Waals surface area (Å²) in [6.07, 6.45) is 15.9. The maximum absolute atomic E-state index is 12.5. The summed E-state index contributed by atoms with van der Waals surface area (Å²) in [4.78, 5) is 53.0. The van der Waals surface area contributed by atoms with Crippen molar-refractivity contribution < 1.29 is 28.4 Å². The summed E-state index contributed by atoms with van der Waals surface area (Å²) in [6.45, 7) is 11.3. The van der Waals surface area contributed by atoms with Crippen LogP contribution in [0.4, 0.5) is 0 Å². The van der Waals surface area contributed by atoms with Gasteiger partial charge in [-0.15, -0.1) is 11.3 Å². The van der Waals surface area contributed by atoms with Gasteiger partial charge in [0.15, 0.2) is 14.6 Å². The standard InChI is InChI=1S/C27H28NO4PS.C10H19NO.C9H10N2O.C2H6.CH5N/c1-3-4-14-31-27(30)19(2)28-33(32-25-11-7-9-21-8-5-6-10-24(21)25)18-20-12-13-26-22(15-20)16-23(17-29)34-26;1-11-8-5-7-10(11)6-3-2-4-9-12;12-7-11-5-9(6-11)8-2-1-3-10-4-8;2*1-2/h5-13,15-17,19,28H,3-4,14,18H2,1-2H3;9-10H,2-8H2,1H3;1-4,7,9H,5-6H2;1-2H3;2H2,1H3. The van der Waals surface area contributed by atoms with Gasteiger partial charge in [0.2, 0.25) is 6.41 Å². The lowest BCUT2D eigenvalue weighted by Gasteiger charge is -2.36. The van der Waals surface area contributed by atoms with Crippen LogP contribution in [0.15, 0.2) is 91.3 Å². The molecule has 4 heterocycles. The van der Waals surface area contributed by atoms with Crippen LogP contribution < -0.4 is 15.3 Å². The SMILES string of the molecule is CC.CCCCOC(=O)C(C)NP(Cc1ccc2sc(C=O)cc2c1)Oc1cccc2ccccc12.CN.CN1CCCC1CCCCC=O.O=CN1CC(c2cccnc2)C1. The highest BCUT2D eigenvalue weighted by atomic mass is 32.1. The number of nitrogens with one attached hydrogen (secondary N) is 1. The molecule has 336 valence electrons. The van der Waals surface area contributed by atoms with Crippen molar-refractivity contribution in [1.29, 1.82) is 0 Å². The van der Waals surface area contributed by atoms with E-state index in [1.54, 1.807) is 11.1 Å². The van der Waals surface area contributed by atoms with Crippen molar-refractivity contribution in [3.05, 3.63) is 107 Å². The molecule has 0 bridgehead atoms. The number of thiophene rings is 1. The van der Waals surface area contributed by atoms with E-state index >= 15 is 0 Å². The average Bonchev–Trinajstić information content (AvgIpc) is 3.92. The highest BCUT2D eigenvalue weighted by Crippen LogP contribution is 2.42. The first-order valence-corrected chi connectivity index (χ1v) is 24.2. The third kappa shape index (κ3) is 16.9. The zero-order chi connectivity index (χ0) is 45.1. The molecule has 5 aromatic rings. The van der Waals surface area contributed by atoms with Gasteiger partial charge in [0, 0.05) is 60.1 Å². The molecule has 62 heavy (non-hydrogen) atoms. The van der Waals surface area contributed by atoms with Gasteiger partial charge in [-0.3, -0.25) is 24.5 Å². The summed E-state index contributed by atoms with van der Waals surface area (Å²) in [5.41, 5.74) is 6.81. The van der Waals surface area contributed by atoms with Crippen LogP contribution in [-0.2, 0) is 25.3 Å². The number of nitrogens with zero attached hydrogens (tertiary/aromatic N) is 3. The van der Waals surface area contributed by atoms with Crippen molar-refractivity contribution in [1.82, 2.24) is 19.9 Å². The summed E-state index contributed by atoms with van der Waals surface area (Å²) >= 11 is 1.48. The predicted molar refractivity (Wildman–Crippen MR) is 257 cm³/mol. The maximum Gasteiger partial charge on any atom is 0.323 e. The van der Waals surface area contributed by atoms with E-state index in [0.717, 1.165) is 96.0 Å². The molecular weight excluding hydrogens is 818 g/mol. The molecule has 0 radical (unpaired) electrons. The van der Waals surface area contributed by atoms with Gasteiger partial charge in [0.1, 0.15) is 18.1 Å². The highest BCUT2D eigenvalue weighted by molar-refractivity contribution is 7.50. The normalized spacial score (nSPS) is 15.4. The van der Waals surface area contributed by atoms with E-state index < -0.39 is 14.3 Å². The molecule has 2 saturated heterocycles. The van der Waals surface area contributed by atoms with E-state index in [9.17, 15) is 19.2 Å². The van der Waals surface area contributed by atoms with E-state index in [0.29, 0.717) is 23.6 Å². The number of amides is 1. The van der Waals surface area contributed by atoms with Gasteiger partial charge in [-0.1, -0.05) is 82.1 Å². The summed E-state index contributed by atoms with van der Waals surface area (Å²) in [5.74, 6) is 1.01. The second-order valence-electron chi connectivity index (χ2n) is 14.9. The van der Waals surface area contributed by atoms with Crippen molar-refractivity contribution in [3.63, 3.8) is 0 Å². The molecule has 3 aromatic carbocycles. The zero-order valence-corrected chi connectivity index (χ0v) is 39.3. The molecule has 0 spiro atoms.